The minimum atomic E-state index is 0.317. The summed E-state index contributed by atoms with van der Waals surface area (Å²) in [7, 11) is 1.73. The molecule has 0 saturated heterocycles. The number of ether oxygens (including phenoxy) is 1. The highest BCUT2D eigenvalue weighted by atomic mass is 16.5. The molecule has 0 aliphatic heterocycles. The number of rotatable bonds is 3. The minimum absolute atomic E-state index is 0.317. The molecule has 3 nitrogen and oxygen atoms in total. The van der Waals surface area contributed by atoms with Crippen molar-refractivity contribution < 1.29 is 4.74 Å². The molecule has 2 rings (SSSR count). The summed E-state index contributed by atoms with van der Waals surface area (Å²) in [6.07, 6.45) is 1.90. The molecule has 86 valence electrons. The Morgan fingerprint density at radius 3 is 2.69 bits per heavy atom. The number of hydrogen-bond acceptors (Lipinski definition) is 2. The van der Waals surface area contributed by atoms with Crippen LogP contribution in [0.3, 0.4) is 0 Å². The number of fused-ring (bicyclic) bond motifs is 1. The van der Waals surface area contributed by atoms with E-state index >= 15 is 0 Å². The standard InChI is InChI=1S/C13H18N2O/c1-9-5-12-13(6-10(9)2)15(8-14-12)11(3)7-16-4/h5-6,8,11H,7H2,1-4H3. The molecule has 0 bridgehead atoms. The number of benzene rings is 1. The highest BCUT2D eigenvalue weighted by Gasteiger charge is 2.09. The number of hydrogen-bond donors (Lipinski definition) is 0. The van der Waals surface area contributed by atoms with Crippen LogP contribution in [0.25, 0.3) is 11.0 Å². The predicted octanol–water partition coefficient (Wildman–Crippen LogP) is 2.86. The fourth-order valence-corrected chi connectivity index (χ4v) is 1.96. The number of nitrogens with zero attached hydrogens (tertiary/aromatic N) is 2. The van der Waals surface area contributed by atoms with Gasteiger partial charge in [0.15, 0.2) is 0 Å². The first-order valence-corrected chi connectivity index (χ1v) is 5.56. The van der Waals surface area contributed by atoms with Crippen molar-refractivity contribution in [3.63, 3.8) is 0 Å². The van der Waals surface area contributed by atoms with E-state index in [-0.39, 0.29) is 0 Å². The second-order valence-corrected chi connectivity index (χ2v) is 4.38. The molecule has 1 unspecified atom stereocenters. The Morgan fingerprint density at radius 1 is 1.31 bits per heavy atom. The molecule has 1 aromatic heterocycles. The van der Waals surface area contributed by atoms with E-state index < -0.39 is 0 Å². The van der Waals surface area contributed by atoms with Crippen LogP contribution >= 0.6 is 0 Å². The minimum Gasteiger partial charge on any atom is -0.383 e. The Balaban J connectivity index is 2.51. The summed E-state index contributed by atoms with van der Waals surface area (Å²) in [6, 6.07) is 4.65. The first-order chi connectivity index (χ1) is 7.63. The molecule has 3 heteroatoms. The molecule has 0 amide bonds. The van der Waals surface area contributed by atoms with Gasteiger partial charge in [-0.05, 0) is 44.0 Å². The Labute approximate surface area is 96.1 Å². The highest BCUT2D eigenvalue weighted by Crippen LogP contribution is 2.21. The third-order valence-electron chi connectivity index (χ3n) is 3.07. The second-order valence-electron chi connectivity index (χ2n) is 4.38. The quantitative estimate of drug-likeness (QED) is 0.792. The van der Waals surface area contributed by atoms with E-state index in [0.29, 0.717) is 12.6 Å². The molecule has 0 N–H and O–H groups in total. The third kappa shape index (κ3) is 1.83. The van der Waals surface area contributed by atoms with Gasteiger partial charge in [0.25, 0.3) is 0 Å². The normalized spacial score (nSPS) is 13.2. The van der Waals surface area contributed by atoms with Crippen molar-refractivity contribution in [1.29, 1.82) is 0 Å². The molecule has 0 saturated carbocycles. The van der Waals surface area contributed by atoms with E-state index in [4.69, 9.17) is 4.74 Å². The summed E-state index contributed by atoms with van der Waals surface area (Å²) in [6.45, 7) is 7.09. The van der Waals surface area contributed by atoms with Gasteiger partial charge < -0.3 is 9.30 Å². The van der Waals surface area contributed by atoms with Gasteiger partial charge in [-0.25, -0.2) is 4.98 Å². The topological polar surface area (TPSA) is 27.1 Å². The summed E-state index contributed by atoms with van der Waals surface area (Å²) >= 11 is 0. The predicted molar refractivity (Wildman–Crippen MR) is 65.8 cm³/mol. The molecule has 0 aliphatic rings. The van der Waals surface area contributed by atoms with Crippen LogP contribution < -0.4 is 0 Å². The Kier molecular flexibility index (Phi) is 2.97. The Morgan fingerprint density at radius 2 is 2.00 bits per heavy atom. The van der Waals surface area contributed by atoms with E-state index in [1.807, 2.05) is 6.33 Å². The fourth-order valence-electron chi connectivity index (χ4n) is 1.96. The highest BCUT2D eigenvalue weighted by molar-refractivity contribution is 5.77. The molecular formula is C13H18N2O. The first-order valence-electron chi connectivity index (χ1n) is 5.56. The van der Waals surface area contributed by atoms with Crippen molar-refractivity contribution in [3.05, 3.63) is 29.6 Å². The zero-order valence-electron chi connectivity index (χ0n) is 10.3. The fraction of sp³-hybridized carbons (Fsp3) is 0.462. The lowest BCUT2D eigenvalue weighted by atomic mass is 10.1. The van der Waals surface area contributed by atoms with Gasteiger partial charge >= 0.3 is 0 Å². The maximum absolute atomic E-state index is 5.18. The maximum atomic E-state index is 5.18. The van der Waals surface area contributed by atoms with Gasteiger partial charge in [0.05, 0.1) is 30.0 Å². The molecule has 0 aliphatic carbocycles. The van der Waals surface area contributed by atoms with Crippen molar-refractivity contribution >= 4 is 11.0 Å². The molecule has 1 atom stereocenters. The maximum Gasteiger partial charge on any atom is 0.0961 e. The molecule has 16 heavy (non-hydrogen) atoms. The summed E-state index contributed by atoms with van der Waals surface area (Å²) in [5.74, 6) is 0. The van der Waals surface area contributed by atoms with E-state index in [0.717, 1.165) is 5.52 Å². The van der Waals surface area contributed by atoms with E-state index in [1.165, 1.54) is 16.6 Å². The van der Waals surface area contributed by atoms with Crippen LogP contribution in [0.15, 0.2) is 18.5 Å². The van der Waals surface area contributed by atoms with Gasteiger partial charge in [-0.15, -0.1) is 0 Å². The van der Waals surface area contributed by atoms with Crippen molar-refractivity contribution in [2.45, 2.75) is 26.8 Å². The van der Waals surface area contributed by atoms with Crippen molar-refractivity contribution in [3.8, 4) is 0 Å². The largest absolute Gasteiger partial charge is 0.383 e. The van der Waals surface area contributed by atoms with Crippen LogP contribution in [0.5, 0.6) is 0 Å². The molecule has 1 aromatic carbocycles. The lowest BCUT2D eigenvalue weighted by molar-refractivity contribution is 0.163. The van der Waals surface area contributed by atoms with Crippen LogP contribution in [0.1, 0.15) is 24.1 Å². The Hall–Kier alpha value is -1.35. The molecule has 0 spiro atoms. The van der Waals surface area contributed by atoms with Gasteiger partial charge in [-0.2, -0.15) is 0 Å². The molecule has 0 radical (unpaired) electrons. The monoisotopic (exact) mass is 218 g/mol. The SMILES string of the molecule is COCC(C)n1cnc2cc(C)c(C)cc21. The average molecular weight is 218 g/mol. The van der Waals surface area contributed by atoms with E-state index in [1.54, 1.807) is 7.11 Å². The van der Waals surface area contributed by atoms with Gasteiger partial charge in [0, 0.05) is 7.11 Å². The van der Waals surface area contributed by atoms with E-state index in [9.17, 15) is 0 Å². The number of imidazole rings is 1. The summed E-state index contributed by atoms with van der Waals surface area (Å²) in [5, 5.41) is 0. The molecule has 2 aromatic rings. The van der Waals surface area contributed by atoms with Crippen molar-refractivity contribution in [2.24, 2.45) is 0 Å². The molecule has 1 heterocycles. The number of aromatic nitrogens is 2. The molecular weight excluding hydrogens is 200 g/mol. The average Bonchev–Trinajstić information content (AvgIpc) is 2.62. The van der Waals surface area contributed by atoms with E-state index in [2.05, 4.69) is 42.5 Å². The van der Waals surface area contributed by atoms with Crippen molar-refractivity contribution in [1.82, 2.24) is 9.55 Å². The van der Waals surface area contributed by atoms with Gasteiger partial charge in [0.1, 0.15) is 0 Å². The Bertz CT molecular complexity index is 502. The first kappa shape index (κ1) is 11.1. The van der Waals surface area contributed by atoms with Crippen molar-refractivity contribution in [2.75, 3.05) is 13.7 Å². The van der Waals surface area contributed by atoms with Gasteiger partial charge in [0.2, 0.25) is 0 Å². The third-order valence-corrected chi connectivity index (χ3v) is 3.07. The van der Waals surface area contributed by atoms with Crippen LogP contribution in [0.4, 0.5) is 0 Å². The van der Waals surface area contributed by atoms with Gasteiger partial charge in [-0.3, -0.25) is 0 Å². The van der Waals surface area contributed by atoms with Crippen LogP contribution in [-0.2, 0) is 4.74 Å². The summed E-state index contributed by atoms with van der Waals surface area (Å²) < 4.78 is 7.35. The summed E-state index contributed by atoms with van der Waals surface area (Å²) in [4.78, 5) is 4.43. The zero-order valence-corrected chi connectivity index (χ0v) is 10.3. The zero-order chi connectivity index (χ0) is 11.7. The second kappa shape index (κ2) is 4.26. The van der Waals surface area contributed by atoms with Gasteiger partial charge in [-0.1, -0.05) is 0 Å². The lowest BCUT2D eigenvalue weighted by Crippen LogP contribution is -2.09. The van der Waals surface area contributed by atoms with Crippen LogP contribution in [-0.4, -0.2) is 23.3 Å². The van der Waals surface area contributed by atoms with Crippen LogP contribution in [0, 0.1) is 13.8 Å². The number of aryl methyl sites for hydroxylation is 2. The number of methoxy groups -OCH3 is 1. The summed E-state index contributed by atoms with van der Waals surface area (Å²) in [5.41, 5.74) is 4.84. The van der Waals surface area contributed by atoms with Crippen LogP contribution in [0.2, 0.25) is 0 Å². The molecule has 0 fully saturated rings. The lowest BCUT2D eigenvalue weighted by Gasteiger charge is -2.13. The smallest absolute Gasteiger partial charge is 0.0961 e.